The molecule has 6 nitrogen and oxygen atoms in total. The number of furan rings is 1. The van der Waals surface area contributed by atoms with Crippen LogP contribution in [-0.4, -0.2) is 26.8 Å². The minimum atomic E-state index is -0.176. The summed E-state index contributed by atoms with van der Waals surface area (Å²) in [6, 6.07) is 36.4. The van der Waals surface area contributed by atoms with E-state index >= 15 is 0 Å². The smallest absolute Gasteiger partial charge is 0.231 e. The standard InChI is InChI=1S/C44H30N4O2/c1-3-12-27-25(2)49-37-20-11-17-32-40(37)41(27)46-44(45-32)48-35-24-23-34-38(30-16-7-9-18-33(30)47(34)26-13-5-4-6-14-26)39(35)31-22-21-29-28-15-8-10-19-36(28)50-43(29)42(31)48/h3-24,40-41H,1-2H3/b12-3-. The molecule has 0 saturated heterocycles. The lowest BCUT2D eigenvalue weighted by Gasteiger charge is -2.37. The predicted molar refractivity (Wildman–Crippen MR) is 204 cm³/mol. The van der Waals surface area contributed by atoms with Crippen molar-refractivity contribution in [3.05, 3.63) is 151 Å². The Labute approximate surface area is 286 Å². The van der Waals surface area contributed by atoms with Crippen LogP contribution >= 0.6 is 0 Å². The molecule has 1 aliphatic carbocycles. The molecular formula is C44H30N4O2. The van der Waals surface area contributed by atoms with Gasteiger partial charge in [0.15, 0.2) is 5.58 Å². The highest BCUT2D eigenvalue weighted by atomic mass is 16.5. The van der Waals surface area contributed by atoms with Gasteiger partial charge in [-0.2, -0.15) is 0 Å². The van der Waals surface area contributed by atoms with Crippen molar-refractivity contribution in [2.45, 2.75) is 19.9 Å². The largest absolute Gasteiger partial charge is 0.465 e. The number of nitrogens with zero attached hydrogens (tertiary/aromatic N) is 4. The molecule has 5 heterocycles. The van der Waals surface area contributed by atoms with Crippen LogP contribution in [0.1, 0.15) is 13.8 Å². The molecule has 0 amide bonds. The summed E-state index contributed by atoms with van der Waals surface area (Å²) < 4.78 is 17.7. The van der Waals surface area contributed by atoms with E-state index in [1.165, 1.54) is 10.8 Å². The zero-order chi connectivity index (χ0) is 33.1. The van der Waals surface area contributed by atoms with E-state index in [0.717, 1.165) is 83.3 Å². The van der Waals surface area contributed by atoms with E-state index in [0.29, 0.717) is 5.96 Å². The predicted octanol–water partition coefficient (Wildman–Crippen LogP) is 10.8. The van der Waals surface area contributed by atoms with Gasteiger partial charge in [-0.05, 0) is 68.5 Å². The van der Waals surface area contributed by atoms with Gasteiger partial charge in [0.25, 0.3) is 0 Å². The van der Waals surface area contributed by atoms with Gasteiger partial charge in [-0.3, -0.25) is 4.57 Å². The third-order valence-corrected chi connectivity index (χ3v) is 10.6. The van der Waals surface area contributed by atoms with Crippen molar-refractivity contribution in [3.63, 3.8) is 0 Å². The maximum atomic E-state index is 6.77. The number of aromatic nitrogens is 2. The fraction of sp³-hybridized carbons (Fsp3) is 0.0909. The van der Waals surface area contributed by atoms with Crippen LogP contribution in [0.3, 0.4) is 0 Å². The molecule has 0 spiro atoms. The van der Waals surface area contributed by atoms with Gasteiger partial charge >= 0.3 is 0 Å². The van der Waals surface area contributed by atoms with Crippen LogP contribution in [0.5, 0.6) is 0 Å². The van der Waals surface area contributed by atoms with Crippen molar-refractivity contribution in [3.8, 4) is 5.69 Å². The van der Waals surface area contributed by atoms with E-state index in [-0.39, 0.29) is 12.0 Å². The molecule has 6 heteroatoms. The number of benzene rings is 5. The number of para-hydroxylation sites is 3. The maximum Gasteiger partial charge on any atom is 0.231 e. The van der Waals surface area contributed by atoms with Gasteiger partial charge in [-0.1, -0.05) is 78.9 Å². The van der Waals surface area contributed by atoms with Crippen molar-refractivity contribution in [2.24, 2.45) is 15.9 Å². The Kier molecular flexibility index (Phi) is 5.54. The van der Waals surface area contributed by atoms with E-state index in [1.54, 1.807) is 0 Å². The zero-order valence-electron chi connectivity index (χ0n) is 27.5. The Balaban J connectivity index is 1.32. The molecule has 50 heavy (non-hydrogen) atoms. The van der Waals surface area contributed by atoms with E-state index in [9.17, 15) is 0 Å². The van der Waals surface area contributed by atoms with Crippen LogP contribution in [0.25, 0.3) is 71.2 Å². The van der Waals surface area contributed by atoms with Crippen LogP contribution in [0.15, 0.2) is 165 Å². The van der Waals surface area contributed by atoms with Gasteiger partial charge in [0.2, 0.25) is 5.96 Å². The Morgan fingerprint density at radius 2 is 1.46 bits per heavy atom. The molecule has 3 aliphatic rings. The molecule has 0 fully saturated rings. The molecule has 2 aliphatic heterocycles. The summed E-state index contributed by atoms with van der Waals surface area (Å²) in [6.45, 7) is 4.07. The van der Waals surface area contributed by atoms with E-state index in [2.05, 4.69) is 118 Å². The third-order valence-electron chi connectivity index (χ3n) is 10.6. The van der Waals surface area contributed by atoms with Crippen molar-refractivity contribution >= 4 is 77.2 Å². The lowest BCUT2D eigenvalue weighted by atomic mass is 9.82. The summed E-state index contributed by atoms with van der Waals surface area (Å²) in [5, 5.41) is 6.81. The Hall–Kier alpha value is -6.40. The second-order valence-corrected chi connectivity index (χ2v) is 13.2. The fourth-order valence-electron chi connectivity index (χ4n) is 8.55. The highest BCUT2D eigenvalue weighted by Crippen LogP contribution is 2.46. The molecule has 2 atom stereocenters. The first-order chi connectivity index (χ1) is 24.7. The maximum absolute atomic E-state index is 6.77. The minimum absolute atomic E-state index is 0.0754. The van der Waals surface area contributed by atoms with E-state index < -0.39 is 0 Å². The zero-order valence-corrected chi connectivity index (χ0v) is 27.5. The monoisotopic (exact) mass is 646 g/mol. The van der Waals surface area contributed by atoms with Crippen LogP contribution in [0.2, 0.25) is 0 Å². The molecule has 0 N–H and O–H groups in total. The molecule has 0 bridgehead atoms. The number of aliphatic imine (C=N–C) groups is 2. The van der Waals surface area contributed by atoms with Crippen molar-refractivity contribution < 1.29 is 9.15 Å². The normalized spacial score (nSPS) is 18.9. The molecule has 5 aromatic carbocycles. The quantitative estimate of drug-likeness (QED) is 0.188. The second kappa shape index (κ2) is 10.1. The molecule has 8 aromatic rings. The average Bonchev–Trinajstić information content (AvgIpc) is 3.81. The number of fused-ring (bicyclic) bond motifs is 11. The first kappa shape index (κ1) is 27.5. The van der Waals surface area contributed by atoms with Crippen LogP contribution in [-0.2, 0) is 4.74 Å². The summed E-state index contributed by atoms with van der Waals surface area (Å²) >= 11 is 0. The number of allylic oxidation sites excluding steroid dienone is 5. The van der Waals surface area contributed by atoms with Gasteiger partial charge in [0, 0.05) is 43.6 Å². The van der Waals surface area contributed by atoms with Gasteiger partial charge in [0.1, 0.15) is 22.6 Å². The highest BCUT2D eigenvalue weighted by molar-refractivity contribution is 6.33. The molecule has 238 valence electrons. The second-order valence-electron chi connectivity index (χ2n) is 13.2. The average molecular weight is 647 g/mol. The minimum Gasteiger partial charge on any atom is -0.465 e. The molecular weight excluding hydrogens is 617 g/mol. The first-order valence-corrected chi connectivity index (χ1v) is 17.1. The van der Waals surface area contributed by atoms with Gasteiger partial charge in [-0.25, -0.2) is 9.98 Å². The summed E-state index contributed by atoms with van der Waals surface area (Å²) in [4.78, 5) is 10.8. The van der Waals surface area contributed by atoms with Gasteiger partial charge in [0.05, 0.1) is 34.2 Å². The molecule has 2 unspecified atom stereocenters. The topological polar surface area (TPSA) is 57.0 Å². The summed E-state index contributed by atoms with van der Waals surface area (Å²) in [5.74, 6) is 2.33. The Bertz CT molecular complexity index is 2980. The molecule has 11 rings (SSSR count). The highest BCUT2D eigenvalue weighted by Gasteiger charge is 2.41. The SMILES string of the molecule is C/C=C\C1=C(C)OC2=CC=CC3=NC(n4c5ccc6c(c7ccccc7n6-c6ccccc6)c5c5ccc6c7ccccc7oc6c54)=NC1C23. The summed E-state index contributed by atoms with van der Waals surface area (Å²) in [5.41, 5.74) is 9.14. The first-order valence-electron chi connectivity index (χ1n) is 17.1. The Morgan fingerprint density at radius 3 is 2.32 bits per heavy atom. The van der Waals surface area contributed by atoms with Crippen LogP contribution in [0.4, 0.5) is 0 Å². The van der Waals surface area contributed by atoms with E-state index in [4.69, 9.17) is 19.1 Å². The number of hydrogen-bond donors (Lipinski definition) is 0. The van der Waals surface area contributed by atoms with Crippen molar-refractivity contribution in [1.82, 2.24) is 9.13 Å². The lowest BCUT2D eigenvalue weighted by Crippen LogP contribution is -2.39. The summed E-state index contributed by atoms with van der Waals surface area (Å²) in [7, 11) is 0. The van der Waals surface area contributed by atoms with E-state index in [1.807, 2.05) is 38.1 Å². The van der Waals surface area contributed by atoms with Crippen molar-refractivity contribution in [1.29, 1.82) is 0 Å². The molecule has 0 radical (unpaired) electrons. The van der Waals surface area contributed by atoms with Crippen LogP contribution in [0, 0.1) is 5.92 Å². The number of rotatable bonds is 2. The lowest BCUT2D eigenvalue weighted by molar-refractivity contribution is 0.241. The summed E-state index contributed by atoms with van der Waals surface area (Å²) in [6.07, 6.45) is 10.4. The van der Waals surface area contributed by atoms with Crippen LogP contribution < -0.4 is 0 Å². The number of ether oxygens (including phenoxy) is 1. The fourth-order valence-corrected chi connectivity index (χ4v) is 8.55. The third kappa shape index (κ3) is 3.57. The van der Waals surface area contributed by atoms with Crippen molar-refractivity contribution in [2.75, 3.05) is 0 Å². The van der Waals surface area contributed by atoms with Gasteiger partial charge < -0.3 is 13.7 Å². The molecule has 0 saturated carbocycles. The Morgan fingerprint density at radius 1 is 0.720 bits per heavy atom. The molecule has 3 aromatic heterocycles. The number of hydrogen-bond acceptors (Lipinski definition) is 4. The van der Waals surface area contributed by atoms with Gasteiger partial charge in [-0.15, -0.1) is 0 Å².